The standard InChI is InChI=1S/C15H21N3.HI/c1-4-7-11-17-15(16)18-14-12(5-2)9-8-10-13(14)6-3;/h8-10H,5-6,11H2,1-3H3,(H3,16,17,18);1H. The van der Waals surface area contributed by atoms with Gasteiger partial charge in [0, 0.05) is 5.69 Å². The molecule has 0 fully saturated rings. The average Bonchev–Trinajstić information content (AvgIpc) is 2.39. The number of anilines is 1. The van der Waals surface area contributed by atoms with Gasteiger partial charge in [0.15, 0.2) is 5.96 Å². The van der Waals surface area contributed by atoms with E-state index in [4.69, 9.17) is 5.73 Å². The van der Waals surface area contributed by atoms with Gasteiger partial charge in [0.2, 0.25) is 0 Å². The van der Waals surface area contributed by atoms with Crippen LogP contribution < -0.4 is 11.1 Å². The molecule has 0 aliphatic carbocycles. The van der Waals surface area contributed by atoms with Gasteiger partial charge in [-0.1, -0.05) is 38.0 Å². The highest BCUT2D eigenvalue weighted by atomic mass is 127. The summed E-state index contributed by atoms with van der Waals surface area (Å²) in [6.45, 7) is 6.50. The molecule has 0 radical (unpaired) electrons. The highest BCUT2D eigenvalue weighted by Gasteiger charge is 2.06. The topological polar surface area (TPSA) is 50.4 Å². The van der Waals surface area contributed by atoms with Gasteiger partial charge in [-0.25, -0.2) is 4.99 Å². The van der Waals surface area contributed by atoms with E-state index in [9.17, 15) is 0 Å². The van der Waals surface area contributed by atoms with Gasteiger partial charge in [-0.15, -0.1) is 29.9 Å². The number of nitrogens with zero attached hydrogens (tertiary/aromatic N) is 1. The van der Waals surface area contributed by atoms with Crippen molar-refractivity contribution in [1.82, 2.24) is 0 Å². The van der Waals surface area contributed by atoms with Gasteiger partial charge < -0.3 is 11.1 Å². The molecule has 1 aromatic rings. The second-order valence-electron chi connectivity index (χ2n) is 3.91. The molecule has 4 heteroatoms. The molecule has 0 saturated carbocycles. The summed E-state index contributed by atoms with van der Waals surface area (Å²) in [5.74, 6) is 6.08. The lowest BCUT2D eigenvalue weighted by molar-refractivity contribution is 1.09. The summed E-state index contributed by atoms with van der Waals surface area (Å²) in [4.78, 5) is 4.17. The number of hydrogen-bond donors (Lipinski definition) is 2. The second kappa shape index (κ2) is 9.68. The zero-order valence-electron chi connectivity index (χ0n) is 11.8. The van der Waals surface area contributed by atoms with Crippen molar-refractivity contribution in [2.24, 2.45) is 10.7 Å². The summed E-state index contributed by atoms with van der Waals surface area (Å²) < 4.78 is 0. The van der Waals surface area contributed by atoms with Crippen LogP contribution in [0.5, 0.6) is 0 Å². The van der Waals surface area contributed by atoms with Crippen molar-refractivity contribution in [3.63, 3.8) is 0 Å². The Morgan fingerprint density at radius 3 is 2.32 bits per heavy atom. The third-order valence-electron chi connectivity index (χ3n) is 2.76. The fourth-order valence-corrected chi connectivity index (χ4v) is 1.77. The number of aryl methyl sites for hydroxylation is 2. The molecular formula is C15H22IN3. The summed E-state index contributed by atoms with van der Waals surface area (Å²) in [5.41, 5.74) is 9.47. The number of rotatable bonds is 4. The van der Waals surface area contributed by atoms with Crippen molar-refractivity contribution in [2.75, 3.05) is 11.9 Å². The van der Waals surface area contributed by atoms with Crippen LogP contribution in [0.1, 0.15) is 31.9 Å². The Kier molecular flexibility index (Phi) is 9.06. The van der Waals surface area contributed by atoms with Crippen molar-refractivity contribution >= 4 is 35.6 Å². The minimum Gasteiger partial charge on any atom is -0.370 e. The molecule has 1 rings (SSSR count). The lowest BCUT2D eigenvalue weighted by Gasteiger charge is -2.14. The van der Waals surface area contributed by atoms with Crippen molar-refractivity contribution in [1.29, 1.82) is 0 Å². The predicted octanol–water partition coefficient (Wildman–Crippen LogP) is 3.18. The Morgan fingerprint density at radius 2 is 1.84 bits per heavy atom. The van der Waals surface area contributed by atoms with Crippen LogP contribution in [0.25, 0.3) is 0 Å². The SMILES string of the molecule is CC#CCN=C(N)Nc1c(CC)cccc1CC.I. The van der Waals surface area contributed by atoms with Crippen molar-refractivity contribution in [3.8, 4) is 11.8 Å². The van der Waals surface area contributed by atoms with E-state index in [-0.39, 0.29) is 24.0 Å². The number of nitrogens with two attached hydrogens (primary N) is 1. The molecule has 0 spiro atoms. The van der Waals surface area contributed by atoms with Gasteiger partial charge in [0.05, 0.1) is 0 Å². The predicted molar refractivity (Wildman–Crippen MR) is 94.2 cm³/mol. The number of benzene rings is 1. The van der Waals surface area contributed by atoms with Crippen LogP contribution in [0.3, 0.4) is 0 Å². The molecule has 0 aliphatic heterocycles. The molecule has 3 N–H and O–H groups in total. The van der Waals surface area contributed by atoms with Gasteiger partial charge in [-0.05, 0) is 30.9 Å². The number of aliphatic imine (C=N–C) groups is 1. The van der Waals surface area contributed by atoms with E-state index >= 15 is 0 Å². The fourth-order valence-electron chi connectivity index (χ4n) is 1.77. The Bertz CT molecular complexity index is 462. The van der Waals surface area contributed by atoms with Gasteiger partial charge in [-0.3, -0.25) is 0 Å². The zero-order valence-corrected chi connectivity index (χ0v) is 14.1. The van der Waals surface area contributed by atoms with Gasteiger partial charge in [0.1, 0.15) is 6.54 Å². The van der Waals surface area contributed by atoms with Gasteiger partial charge >= 0.3 is 0 Å². The van der Waals surface area contributed by atoms with Crippen LogP contribution in [0.2, 0.25) is 0 Å². The van der Waals surface area contributed by atoms with Crippen molar-refractivity contribution in [3.05, 3.63) is 29.3 Å². The molecule has 19 heavy (non-hydrogen) atoms. The van der Waals surface area contributed by atoms with E-state index in [1.54, 1.807) is 6.92 Å². The maximum absolute atomic E-state index is 5.86. The quantitative estimate of drug-likeness (QED) is 0.370. The Morgan fingerprint density at radius 1 is 1.26 bits per heavy atom. The third kappa shape index (κ3) is 5.52. The fraction of sp³-hybridized carbons (Fsp3) is 0.400. The molecule has 0 bridgehead atoms. The molecule has 104 valence electrons. The molecule has 1 aromatic carbocycles. The summed E-state index contributed by atoms with van der Waals surface area (Å²) in [7, 11) is 0. The highest BCUT2D eigenvalue weighted by molar-refractivity contribution is 14.0. The maximum atomic E-state index is 5.86. The van der Waals surface area contributed by atoms with Gasteiger partial charge in [-0.2, -0.15) is 0 Å². The van der Waals surface area contributed by atoms with Crippen LogP contribution in [0.4, 0.5) is 5.69 Å². The molecule has 0 aromatic heterocycles. The first-order valence-electron chi connectivity index (χ1n) is 6.30. The molecule has 3 nitrogen and oxygen atoms in total. The number of hydrogen-bond acceptors (Lipinski definition) is 1. The molecule has 0 saturated heterocycles. The molecular weight excluding hydrogens is 349 g/mol. The zero-order chi connectivity index (χ0) is 13.4. The number of guanidine groups is 1. The minimum atomic E-state index is 0. The monoisotopic (exact) mass is 371 g/mol. The average molecular weight is 371 g/mol. The van der Waals surface area contributed by atoms with E-state index in [1.807, 2.05) is 0 Å². The highest BCUT2D eigenvalue weighted by Crippen LogP contribution is 2.22. The lowest BCUT2D eigenvalue weighted by Crippen LogP contribution is -2.24. The molecule has 0 unspecified atom stereocenters. The summed E-state index contributed by atoms with van der Waals surface area (Å²) in [6, 6.07) is 6.31. The molecule has 0 amide bonds. The van der Waals surface area contributed by atoms with Crippen LogP contribution in [-0.2, 0) is 12.8 Å². The van der Waals surface area contributed by atoms with E-state index in [0.717, 1.165) is 18.5 Å². The maximum Gasteiger partial charge on any atom is 0.194 e. The summed E-state index contributed by atoms with van der Waals surface area (Å²) in [6.07, 6.45) is 1.94. The minimum absolute atomic E-state index is 0. The first-order chi connectivity index (χ1) is 8.72. The van der Waals surface area contributed by atoms with Crippen LogP contribution in [0, 0.1) is 11.8 Å². The number of para-hydroxylation sites is 1. The van der Waals surface area contributed by atoms with Crippen LogP contribution in [-0.4, -0.2) is 12.5 Å². The number of nitrogens with one attached hydrogen (secondary N) is 1. The lowest BCUT2D eigenvalue weighted by atomic mass is 10.0. The smallest absolute Gasteiger partial charge is 0.194 e. The summed E-state index contributed by atoms with van der Waals surface area (Å²) in [5, 5.41) is 3.20. The third-order valence-corrected chi connectivity index (χ3v) is 2.76. The summed E-state index contributed by atoms with van der Waals surface area (Å²) >= 11 is 0. The van der Waals surface area contributed by atoms with Crippen molar-refractivity contribution < 1.29 is 0 Å². The first-order valence-corrected chi connectivity index (χ1v) is 6.30. The molecule has 0 heterocycles. The normalized spacial score (nSPS) is 10.2. The Labute approximate surface area is 133 Å². The number of halogens is 1. The molecule has 0 atom stereocenters. The van der Waals surface area contributed by atoms with Crippen molar-refractivity contribution in [2.45, 2.75) is 33.6 Å². The van der Waals surface area contributed by atoms with Crippen LogP contribution >= 0.6 is 24.0 Å². The molecule has 0 aliphatic rings. The first kappa shape index (κ1) is 17.8. The second-order valence-corrected chi connectivity index (χ2v) is 3.91. The largest absolute Gasteiger partial charge is 0.370 e. The Hall–Kier alpha value is -1.22. The van der Waals surface area contributed by atoms with Gasteiger partial charge in [0.25, 0.3) is 0 Å². The van der Waals surface area contributed by atoms with Crippen LogP contribution in [0.15, 0.2) is 23.2 Å². The van der Waals surface area contributed by atoms with E-state index in [0.29, 0.717) is 12.5 Å². The van der Waals surface area contributed by atoms with E-state index in [2.05, 4.69) is 54.2 Å². The Balaban J connectivity index is 0.00000324. The van der Waals surface area contributed by atoms with E-state index in [1.165, 1.54) is 11.1 Å². The van der Waals surface area contributed by atoms with E-state index < -0.39 is 0 Å².